The molecule has 5 heteroatoms. The Kier molecular flexibility index (Phi) is 4.89. The minimum absolute atomic E-state index is 0.0602. The third-order valence-corrected chi connectivity index (χ3v) is 2.03. The van der Waals surface area contributed by atoms with Crippen LogP contribution in [0.4, 0.5) is 0 Å². The second-order valence-corrected chi connectivity index (χ2v) is 4.80. The molecule has 5 nitrogen and oxygen atoms in total. The van der Waals surface area contributed by atoms with Crippen molar-refractivity contribution in [3.8, 4) is 0 Å². The van der Waals surface area contributed by atoms with Crippen LogP contribution in [0.1, 0.15) is 38.9 Å². The number of ether oxygens (including phenoxy) is 1. The van der Waals surface area contributed by atoms with Crippen LogP contribution < -0.4 is 5.32 Å². The Hall–Kier alpha value is -0.940. The molecule has 0 spiro atoms. The Balaban J connectivity index is 2.33. The highest BCUT2D eigenvalue weighted by atomic mass is 16.5. The van der Waals surface area contributed by atoms with Gasteiger partial charge in [0.1, 0.15) is 0 Å². The zero-order valence-electron chi connectivity index (χ0n) is 10.5. The van der Waals surface area contributed by atoms with Gasteiger partial charge in [-0.1, -0.05) is 5.16 Å². The zero-order chi connectivity index (χ0) is 12.0. The topological polar surface area (TPSA) is 60.2 Å². The van der Waals surface area contributed by atoms with Gasteiger partial charge in [-0.3, -0.25) is 0 Å². The Morgan fingerprint density at radius 1 is 1.38 bits per heavy atom. The summed E-state index contributed by atoms with van der Waals surface area (Å²) >= 11 is 0. The van der Waals surface area contributed by atoms with E-state index < -0.39 is 0 Å². The van der Waals surface area contributed by atoms with Crippen molar-refractivity contribution in [3.63, 3.8) is 0 Å². The molecule has 1 heterocycles. The lowest BCUT2D eigenvalue weighted by molar-refractivity contribution is 0.194. The molecule has 0 radical (unpaired) electrons. The van der Waals surface area contributed by atoms with Crippen LogP contribution in [0.25, 0.3) is 0 Å². The second-order valence-electron chi connectivity index (χ2n) is 4.80. The molecule has 0 aliphatic heterocycles. The molecule has 1 aromatic rings. The third-order valence-electron chi connectivity index (χ3n) is 2.03. The SMILES string of the molecule is COCCCc1noc(CNC(C)(C)C)n1. The van der Waals surface area contributed by atoms with Gasteiger partial charge in [-0.05, 0) is 27.2 Å². The molecule has 0 unspecified atom stereocenters. The van der Waals surface area contributed by atoms with Gasteiger partial charge < -0.3 is 14.6 Å². The number of aromatic nitrogens is 2. The van der Waals surface area contributed by atoms with Crippen LogP contribution in [0.15, 0.2) is 4.52 Å². The van der Waals surface area contributed by atoms with Gasteiger partial charge in [0.2, 0.25) is 5.89 Å². The van der Waals surface area contributed by atoms with Crippen LogP contribution in [0.2, 0.25) is 0 Å². The van der Waals surface area contributed by atoms with E-state index >= 15 is 0 Å². The summed E-state index contributed by atoms with van der Waals surface area (Å²) < 4.78 is 10.1. The fourth-order valence-corrected chi connectivity index (χ4v) is 1.18. The van der Waals surface area contributed by atoms with E-state index in [1.54, 1.807) is 7.11 Å². The fourth-order valence-electron chi connectivity index (χ4n) is 1.18. The van der Waals surface area contributed by atoms with Crippen molar-refractivity contribution in [2.24, 2.45) is 0 Å². The molecule has 92 valence electrons. The van der Waals surface area contributed by atoms with Crippen molar-refractivity contribution in [1.82, 2.24) is 15.5 Å². The summed E-state index contributed by atoms with van der Waals surface area (Å²) in [5.41, 5.74) is 0.0602. The summed E-state index contributed by atoms with van der Waals surface area (Å²) in [4.78, 5) is 4.29. The molecular formula is C11H21N3O2. The highest BCUT2D eigenvalue weighted by molar-refractivity contribution is 4.87. The lowest BCUT2D eigenvalue weighted by atomic mass is 10.1. The first-order chi connectivity index (χ1) is 7.51. The highest BCUT2D eigenvalue weighted by Crippen LogP contribution is 2.04. The predicted octanol–water partition coefficient (Wildman–Crippen LogP) is 1.54. The van der Waals surface area contributed by atoms with Gasteiger partial charge in [-0.15, -0.1) is 0 Å². The second kappa shape index (κ2) is 5.96. The number of hydrogen-bond acceptors (Lipinski definition) is 5. The molecule has 0 amide bonds. The first kappa shape index (κ1) is 13.1. The number of rotatable bonds is 6. The van der Waals surface area contributed by atoms with Crippen molar-refractivity contribution in [1.29, 1.82) is 0 Å². The van der Waals surface area contributed by atoms with Crippen LogP contribution >= 0.6 is 0 Å². The minimum atomic E-state index is 0.0602. The molecule has 0 bridgehead atoms. The molecule has 1 N–H and O–H groups in total. The van der Waals surface area contributed by atoms with Crippen LogP contribution in [0, 0.1) is 0 Å². The lowest BCUT2D eigenvalue weighted by Crippen LogP contribution is -2.35. The summed E-state index contributed by atoms with van der Waals surface area (Å²) in [5, 5.41) is 7.20. The summed E-state index contributed by atoms with van der Waals surface area (Å²) in [6.07, 6.45) is 1.72. The maximum Gasteiger partial charge on any atom is 0.240 e. The van der Waals surface area contributed by atoms with E-state index in [1.165, 1.54) is 0 Å². The van der Waals surface area contributed by atoms with Crippen molar-refractivity contribution in [3.05, 3.63) is 11.7 Å². The molecule has 0 atom stereocenters. The Morgan fingerprint density at radius 2 is 2.12 bits per heavy atom. The molecule has 0 aliphatic carbocycles. The molecule has 0 aromatic carbocycles. The third kappa shape index (κ3) is 5.23. The molecule has 0 aliphatic rings. The zero-order valence-corrected chi connectivity index (χ0v) is 10.5. The van der Waals surface area contributed by atoms with Crippen LogP contribution in [-0.4, -0.2) is 29.4 Å². The first-order valence-corrected chi connectivity index (χ1v) is 5.57. The average Bonchev–Trinajstić information content (AvgIpc) is 2.62. The Bertz CT molecular complexity index is 304. The highest BCUT2D eigenvalue weighted by Gasteiger charge is 2.12. The molecule has 0 fully saturated rings. The van der Waals surface area contributed by atoms with E-state index in [9.17, 15) is 0 Å². The lowest BCUT2D eigenvalue weighted by Gasteiger charge is -2.18. The van der Waals surface area contributed by atoms with Gasteiger partial charge in [0.05, 0.1) is 6.54 Å². The summed E-state index contributed by atoms with van der Waals surface area (Å²) in [5.74, 6) is 1.39. The predicted molar refractivity (Wildman–Crippen MR) is 61.1 cm³/mol. The maximum absolute atomic E-state index is 5.13. The number of nitrogens with zero attached hydrogens (tertiary/aromatic N) is 2. The van der Waals surface area contributed by atoms with Gasteiger partial charge in [-0.2, -0.15) is 4.98 Å². The smallest absolute Gasteiger partial charge is 0.240 e. The van der Waals surface area contributed by atoms with Crippen LogP contribution in [-0.2, 0) is 17.7 Å². The van der Waals surface area contributed by atoms with Crippen molar-refractivity contribution < 1.29 is 9.26 Å². The quantitative estimate of drug-likeness (QED) is 0.747. The van der Waals surface area contributed by atoms with Crippen molar-refractivity contribution >= 4 is 0 Å². The van der Waals surface area contributed by atoms with Gasteiger partial charge in [0, 0.05) is 25.7 Å². The molecule has 0 saturated carbocycles. The fraction of sp³-hybridized carbons (Fsp3) is 0.818. The number of methoxy groups -OCH3 is 1. The minimum Gasteiger partial charge on any atom is -0.385 e. The molecule has 1 aromatic heterocycles. The van der Waals surface area contributed by atoms with E-state index in [4.69, 9.17) is 9.26 Å². The Labute approximate surface area is 96.6 Å². The van der Waals surface area contributed by atoms with Gasteiger partial charge >= 0.3 is 0 Å². The van der Waals surface area contributed by atoms with E-state index in [1.807, 2.05) is 0 Å². The standard InChI is InChI=1S/C11H21N3O2/c1-11(2,3)12-8-10-13-9(14-16-10)6-5-7-15-4/h12H,5-8H2,1-4H3. The normalized spacial score (nSPS) is 12.0. The number of hydrogen-bond donors (Lipinski definition) is 1. The molecular weight excluding hydrogens is 206 g/mol. The van der Waals surface area contributed by atoms with Crippen molar-refractivity contribution in [2.45, 2.75) is 45.7 Å². The number of aryl methyl sites for hydroxylation is 1. The largest absolute Gasteiger partial charge is 0.385 e. The van der Waals surface area contributed by atoms with Gasteiger partial charge in [0.25, 0.3) is 0 Å². The van der Waals surface area contributed by atoms with Crippen LogP contribution in [0.3, 0.4) is 0 Å². The maximum atomic E-state index is 5.13. The van der Waals surface area contributed by atoms with Gasteiger partial charge in [-0.25, -0.2) is 0 Å². The summed E-state index contributed by atoms with van der Waals surface area (Å²) in [6.45, 7) is 7.64. The molecule has 0 saturated heterocycles. The van der Waals surface area contributed by atoms with Crippen LogP contribution in [0.5, 0.6) is 0 Å². The monoisotopic (exact) mass is 227 g/mol. The average molecular weight is 227 g/mol. The van der Waals surface area contributed by atoms with E-state index in [0.29, 0.717) is 12.4 Å². The summed E-state index contributed by atoms with van der Waals surface area (Å²) in [7, 11) is 1.69. The summed E-state index contributed by atoms with van der Waals surface area (Å²) in [6, 6.07) is 0. The van der Waals surface area contributed by atoms with E-state index in [-0.39, 0.29) is 5.54 Å². The van der Waals surface area contributed by atoms with Crippen molar-refractivity contribution in [2.75, 3.05) is 13.7 Å². The number of nitrogens with one attached hydrogen (secondary N) is 1. The Morgan fingerprint density at radius 3 is 2.75 bits per heavy atom. The molecule has 1 rings (SSSR count). The van der Waals surface area contributed by atoms with E-state index in [2.05, 4.69) is 36.2 Å². The van der Waals surface area contributed by atoms with Gasteiger partial charge in [0.15, 0.2) is 5.82 Å². The first-order valence-electron chi connectivity index (χ1n) is 5.57. The molecule has 16 heavy (non-hydrogen) atoms. The van der Waals surface area contributed by atoms with E-state index in [0.717, 1.165) is 25.3 Å².